The first-order valence-electron chi connectivity index (χ1n) is 10.9. The van der Waals surface area contributed by atoms with E-state index in [1.807, 2.05) is 0 Å². The molecule has 3 aromatic rings. The summed E-state index contributed by atoms with van der Waals surface area (Å²) in [4.78, 5) is 21.2. The Morgan fingerprint density at radius 1 is 1.14 bits per heavy atom. The van der Waals surface area contributed by atoms with Crippen molar-refractivity contribution in [2.75, 3.05) is 16.8 Å². The van der Waals surface area contributed by atoms with Gasteiger partial charge in [-0.2, -0.15) is 0 Å². The molecule has 5 rings (SSSR count). The zero-order valence-corrected chi connectivity index (χ0v) is 19.7. The van der Waals surface area contributed by atoms with Gasteiger partial charge in [0, 0.05) is 18.0 Å². The first-order valence-corrected chi connectivity index (χ1v) is 12.7. The maximum atomic E-state index is 15.8. The molecule has 1 aromatic carbocycles. The lowest BCUT2D eigenvalue weighted by Crippen LogP contribution is -2.62. The predicted molar refractivity (Wildman–Crippen MR) is 121 cm³/mol. The maximum Gasteiger partial charge on any atom is 0.266 e. The molecule has 1 spiro atoms. The number of nitrogens with one attached hydrogen (secondary N) is 1. The monoisotopic (exact) mass is 510 g/mol. The summed E-state index contributed by atoms with van der Waals surface area (Å²) in [6.07, 6.45) is -1.93. The normalized spacial score (nSPS) is 20.4. The van der Waals surface area contributed by atoms with Crippen molar-refractivity contribution in [2.45, 2.75) is 37.9 Å². The second kappa shape index (κ2) is 7.74. The van der Waals surface area contributed by atoms with Crippen molar-refractivity contribution < 1.29 is 26.0 Å². The first kappa shape index (κ1) is 23.7. The molecule has 1 atom stereocenters. The van der Waals surface area contributed by atoms with Gasteiger partial charge in [0.1, 0.15) is 29.3 Å². The number of halogens is 4. The summed E-state index contributed by atoms with van der Waals surface area (Å²) in [5, 5.41) is 3.26. The quantitative estimate of drug-likeness (QED) is 0.523. The molecule has 186 valence electrons. The second-order valence-electron chi connectivity index (χ2n) is 9.65. The molecule has 12 heteroatoms. The van der Waals surface area contributed by atoms with Crippen molar-refractivity contribution in [3.05, 3.63) is 63.5 Å². The van der Waals surface area contributed by atoms with Gasteiger partial charge in [-0.15, -0.1) is 0 Å². The third-order valence-electron chi connectivity index (χ3n) is 6.96. The molecule has 2 aromatic heterocycles. The van der Waals surface area contributed by atoms with E-state index in [9.17, 15) is 26.4 Å². The van der Waals surface area contributed by atoms with E-state index in [0.717, 1.165) is 6.07 Å². The summed E-state index contributed by atoms with van der Waals surface area (Å²) in [6, 6.07) is 4.27. The molecule has 1 N–H and O–H groups in total. The van der Waals surface area contributed by atoms with Gasteiger partial charge < -0.3 is 5.32 Å². The zero-order chi connectivity index (χ0) is 25.3. The molecule has 1 aliphatic heterocycles. The van der Waals surface area contributed by atoms with Crippen molar-refractivity contribution in [3.8, 4) is 0 Å². The van der Waals surface area contributed by atoms with Gasteiger partial charge >= 0.3 is 0 Å². The Hall–Kier alpha value is -3.02. The van der Waals surface area contributed by atoms with Gasteiger partial charge in [-0.05, 0) is 25.8 Å². The first-order chi connectivity index (χ1) is 16.3. The molecule has 1 saturated carbocycles. The Kier molecular flexibility index (Phi) is 5.24. The van der Waals surface area contributed by atoms with E-state index in [4.69, 9.17) is 0 Å². The summed E-state index contributed by atoms with van der Waals surface area (Å²) in [7, 11) is -1.72. The van der Waals surface area contributed by atoms with Crippen LogP contribution in [0.2, 0.25) is 0 Å². The summed E-state index contributed by atoms with van der Waals surface area (Å²) in [6.45, 7) is 1.56. The van der Waals surface area contributed by atoms with Gasteiger partial charge in [-0.1, -0.05) is 18.2 Å². The highest BCUT2D eigenvalue weighted by molar-refractivity contribution is 7.92. The molecule has 35 heavy (non-hydrogen) atoms. The summed E-state index contributed by atoms with van der Waals surface area (Å²) < 4.78 is 81.1. The van der Waals surface area contributed by atoms with Crippen LogP contribution in [-0.2, 0) is 22.6 Å². The van der Waals surface area contributed by atoms with Gasteiger partial charge in [-0.25, -0.2) is 35.9 Å². The van der Waals surface area contributed by atoms with Crippen LogP contribution in [0.15, 0.2) is 35.4 Å². The van der Waals surface area contributed by atoms with E-state index in [1.165, 1.54) is 36.1 Å². The number of aromatic nitrogens is 3. The number of nitrogens with zero attached hydrogens (tertiary/aromatic N) is 3. The predicted octanol–water partition coefficient (Wildman–Crippen LogP) is 3.95. The highest BCUT2D eigenvalue weighted by Gasteiger charge is 2.64. The molecule has 0 amide bonds. The Morgan fingerprint density at radius 2 is 1.80 bits per heavy atom. The number of pyridine rings is 1. The van der Waals surface area contributed by atoms with Crippen LogP contribution < -0.4 is 10.9 Å². The number of sulfone groups is 1. The number of hydrogen-bond acceptors (Lipinski definition) is 6. The lowest BCUT2D eigenvalue weighted by Gasteiger charge is -2.56. The van der Waals surface area contributed by atoms with Gasteiger partial charge in [0.25, 0.3) is 12.0 Å². The number of aryl methyl sites for hydroxylation is 1. The Morgan fingerprint density at radius 3 is 2.43 bits per heavy atom. The summed E-state index contributed by atoms with van der Waals surface area (Å²) in [5.41, 5.74) is -3.87. The molecule has 0 unspecified atom stereocenters. The van der Waals surface area contributed by atoms with E-state index in [2.05, 4.69) is 15.3 Å². The molecule has 1 aliphatic carbocycles. The van der Waals surface area contributed by atoms with Gasteiger partial charge in [0.05, 0.1) is 34.1 Å². The van der Waals surface area contributed by atoms with Crippen molar-refractivity contribution in [2.24, 2.45) is 12.5 Å². The SMILES string of the molecule is C[C@@H](Nc1ncnc2c1cc(C1(F)CC3(C1)CS(=O)(=O)C3)c(=O)n2C)c1cccc(C(F)F)c1F. The number of benzene rings is 1. The number of hydrogen-bond donors (Lipinski definition) is 1. The molecular weight excluding hydrogens is 488 g/mol. The highest BCUT2D eigenvalue weighted by Crippen LogP contribution is 2.61. The van der Waals surface area contributed by atoms with Gasteiger partial charge in [0.2, 0.25) is 0 Å². The Bertz CT molecular complexity index is 1500. The van der Waals surface area contributed by atoms with Crippen LogP contribution in [0.1, 0.15) is 48.9 Å². The van der Waals surface area contributed by atoms with Crippen LogP contribution in [0.5, 0.6) is 0 Å². The number of alkyl halides is 3. The molecule has 7 nitrogen and oxygen atoms in total. The number of fused-ring (bicyclic) bond motifs is 1. The largest absolute Gasteiger partial charge is 0.363 e. The Labute approximate surface area is 198 Å². The molecule has 2 aliphatic rings. The highest BCUT2D eigenvalue weighted by atomic mass is 32.2. The third-order valence-corrected chi connectivity index (χ3v) is 9.07. The van der Waals surface area contributed by atoms with Crippen molar-refractivity contribution in [1.29, 1.82) is 0 Å². The van der Waals surface area contributed by atoms with Crippen molar-refractivity contribution >= 4 is 26.7 Å². The zero-order valence-electron chi connectivity index (χ0n) is 18.9. The Balaban J connectivity index is 1.52. The maximum absolute atomic E-state index is 15.8. The van der Waals surface area contributed by atoms with Crippen LogP contribution in [0.25, 0.3) is 11.0 Å². The number of anilines is 1. The topological polar surface area (TPSA) is 94.0 Å². The van der Waals surface area contributed by atoms with Gasteiger partial charge in [-0.3, -0.25) is 9.36 Å². The van der Waals surface area contributed by atoms with Crippen molar-refractivity contribution in [3.63, 3.8) is 0 Å². The molecule has 3 heterocycles. The van der Waals surface area contributed by atoms with E-state index in [-0.39, 0.29) is 46.9 Å². The standard InChI is InChI=1S/C23H22F4N4O3S/c1-12(13-4-3-5-14(17(13)24)18(25)26)30-19-15-6-16(21(32)31(2)20(15)29-11-28-19)23(27)7-22(8-23)9-35(33,34)10-22/h3-6,11-12,18H,7-10H2,1-2H3,(H,28,29,30)/t12-/m1/s1. The minimum atomic E-state index is -3.15. The van der Waals surface area contributed by atoms with Crippen LogP contribution >= 0.6 is 0 Å². The van der Waals surface area contributed by atoms with E-state index in [1.54, 1.807) is 6.92 Å². The van der Waals surface area contributed by atoms with Crippen molar-refractivity contribution in [1.82, 2.24) is 14.5 Å². The fourth-order valence-corrected chi connectivity index (χ4v) is 7.67. The molecule has 2 fully saturated rings. The lowest BCUT2D eigenvalue weighted by molar-refractivity contribution is -0.0559. The smallest absolute Gasteiger partial charge is 0.266 e. The molecular formula is C23H22F4N4O3S. The summed E-state index contributed by atoms with van der Waals surface area (Å²) >= 11 is 0. The lowest BCUT2D eigenvalue weighted by atomic mass is 9.59. The van der Waals surface area contributed by atoms with Crippen LogP contribution in [0.4, 0.5) is 23.4 Å². The molecule has 0 bridgehead atoms. The molecule has 1 saturated heterocycles. The third kappa shape index (κ3) is 3.78. The van der Waals surface area contributed by atoms with E-state index in [0.29, 0.717) is 5.39 Å². The average molecular weight is 511 g/mol. The van der Waals surface area contributed by atoms with Crippen LogP contribution in [0.3, 0.4) is 0 Å². The van der Waals surface area contributed by atoms with Crippen LogP contribution in [0, 0.1) is 11.2 Å². The fraction of sp³-hybridized carbons (Fsp3) is 0.435. The summed E-state index contributed by atoms with van der Waals surface area (Å²) in [5.74, 6) is -1.04. The fourth-order valence-electron chi connectivity index (χ4n) is 5.48. The van der Waals surface area contributed by atoms with Gasteiger partial charge in [0.15, 0.2) is 9.84 Å². The minimum absolute atomic E-state index is 0.00584. The molecule has 0 radical (unpaired) electrons. The van der Waals surface area contributed by atoms with E-state index >= 15 is 4.39 Å². The average Bonchev–Trinajstić information content (AvgIpc) is 2.73. The minimum Gasteiger partial charge on any atom is -0.363 e. The van der Waals surface area contributed by atoms with E-state index < -0.39 is 50.3 Å². The van der Waals surface area contributed by atoms with Crippen LogP contribution in [-0.4, -0.2) is 34.5 Å². The second-order valence-corrected chi connectivity index (χ2v) is 11.7. The number of rotatable bonds is 5.